The highest BCUT2D eigenvalue weighted by molar-refractivity contribution is 5.67. The third-order valence-electron chi connectivity index (χ3n) is 1.99. The van der Waals surface area contributed by atoms with Crippen molar-refractivity contribution >= 4 is 6.09 Å². The Labute approximate surface area is 104 Å². The fourth-order valence-electron chi connectivity index (χ4n) is 1.11. The van der Waals surface area contributed by atoms with Gasteiger partial charge in [-0.1, -0.05) is 37.3 Å². The zero-order valence-corrected chi connectivity index (χ0v) is 10.7. The highest BCUT2D eigenvalue weighted by Crippen LogP contribution is 1.93. The standard InChI is InChI=1S/C14H23NO2/c1-3-5-7-8-9-10-11-12-15-14(16)17-13-6-4-2/h4-5,7,10-11H,2-3,6,8-9,12-13H2,1H3,(H,15,16). The minimum atomic E-state index is -0.373. The fourth-order valence-corrected chi connectivity index (χ4v) is 1.11. The summed E-state index contributed by atoms with van der Waals surface area (Å²) in [5.41, 5.74) is 0. The molecular formula is C14H23NO2. The first-order valence-electron chi connectivity index (χ1n) is 6.12. The summed E-state index contributed by atoms with van der Waals surface area (Å²) in [4.78, 5) is 11.1. The molecule has 0 radical (unpaired) electrons. The van der Waals surface area contributed by atoms with Gasteiger partial charge in [0.25, 0.3) is 0 Å². The van der Waals surface area contributed by atoms with Gasteiger partial charge in [-0.15, -0.1) is 6.58 Å². The van der Waals surface area contributed by atoms with Crippen LogP contribution in [0.2, 0.25) is 0 Å². The van der Waals surface area contributed by atoms with Crippen molar-refractivity contribution < 1.29 is 9.53 Å². The summed E-state index contributed by atoms with van der Waals surface area (Å²) in [5.74, 6) is 0. The summed E-state index contributed by atoms with van der Waals surface area (Å²) in [7, 11) is 0. The predicted molar refractivity (Wildman–Crippen MR) is 72.0 cm³/mol. The lowest BCUT2D eigenvalue weighted by Crippen LogP contribution is -2.24. The van der Waals surface area contributed by atoms with Gasteiger partial charge in [0.05, 0.1) is 6.61 Å². The van der Waals surface area contributed by atoms with Gasteiger partial charge < -0.3 is 10.1 Å². The second-order valence-corrected chi connectivity index (χ2v) is 3.52. The van der Waals surface area contributed by atoms with Crippen LogP contribution in [0.1, 0.15) is 32.6 Å². The first-order chi connectivity index (χ1) is 8.31. The van der Waals surface area contributed by atoms with Gasteiger partial charge in [0, 0.05) is 6.54 Å². The van der Waals surface area contributed by atoms with Crippen LogP contribution in [0.3, 0.4) is 0 Å². The van der Waals surface area contributed by atoms with Gasteiger partial charge in [0.2, 0.25) is 0 Å². The van der Waals surface area contributed by atoms with E-state index in [1.807, 2.05) is 6.08 Å². The molecular weight excluding hydrogens is 214 g/mol. The molecule has 1 amide bonds. The highest BCUT2D eigenvalue weighted by atomic mass is 16.5. The van der Waals surface area contributed by atoms with E-state index in [4.69, 9.17) is 4.74 Å². The molecule has 3 nitrogen and oxygen atoms in total. The molecule has 0 unspecified atom stereocenters. The number of unbranched alkanes of at least 4 members (excludes halogenated alkanes) is 1. The summed E-state index contributed by atoms with van der Waals surface area (Å²) in [6.45, 7) is 6.57. The highest BCUT2D eigenvalue weighted by Gasteiger charge is 1.96. The number of rotatable bonds is 9. The van der Waals surface area contributed by atoms with Crippen molar-refractivity contribution in [3.05, 3.63) is 37.0 Å². The molecule has 17 heavy (non-hydrogen) atoms. The number of allylic oxidation sites excluding steroid dienone is 3. The van der Waals surface area contributed by atoms with Crippen LogP contribution in [0.25, 0.3) is 0 Å². The molecule has 0 aliphatic carbocycles. The van der Waals surface area contributed by atoms with Crippen LogP contribution in [-0.4, -0.2) is 19.2 Å². The van der Waals surface area contributed by atoms with E-state index in [0.717, 1.165) is 19.3 Å². The molecule has 3 heteroatoms. The Hall–Kier alpha value is -1.51. The van der Waals surface area contributed by atoms with Gasteiger partial charge in [-0.25, -0.2) is 4.79 Å². The topological polar surface area (TPSA) is 38.3 Å². The van der Waals surface area contributed by atoms with Crippen molar-refractivity contribution in [2.75, 3.05) is 13.2 Å². The maximum atomic E-state index is 11.1. The van der Waals surface area contributed by atoms with E-state index < -0.39 is 0 Å². The molecule has 0 rings (SSSR count). The van der Waals surface area contributed by atoms with Crippen LogP contribution in [0.4, 0.5) is 4.79 Å². The Balaban J connectivity index is 3.36. The van der Waals surface area contributed by atoms with Crippen LogP contribution in [0.5, 0.6) is 0 Å². The number of hydrogen-bond acceptors (Lipinski definition) is 2. The number of nitrogens with one attached hydrogen (secondary N) is 1. The largest absolute Gasteiger partial charge is 0.449 e. The molecule has 0 fully saturated rings. The second-order valence-electron chi connectivity index (χ2n) is 3.52. The van der Waals surface area contributed by atoms with Crippen LogP contribution in [-0.2, 0) is 4.74 Å². The minimum Gasteiger partial charge on any atom is -0.449 e. The Morgan fingerprint density at radius 2 is 1.88 bits per heavy atom. The lowest BCUT2D eigenvalue weighted by Gasteiger charge is -2.02. The Morgan fingerprint density at radius 1 is 1.18 bits per heavy atom. The van der Waals surface area contributed by atoms with Gasteiger partial charge in [-0.05, 0) is 25.7 Å². The molecule has 1 N–H and O–H groups in total. The van der Waals surface area contributed by atoms with Crippen molar-refractivity contribution in [2.45, 2.75) is 32.6 Å². The molecule has 0 aromatic carbocycles. The Morgan fingerprint density at radius 3 is 2.53 bits per heavy atom. The third-order valence-corrected chi connectivity index (χ3v) is 1.99. The van der Waals surface area contributed by atoms with E-state index in [9.17, 15) is 4.79 Å². The Kier molecular flexibility index (Phi) is 11.4. The van der Waals surface area contributed by atoms with Gasteiger partial charge in [-0.2, -0.15) is 0 Å². The maximum Gasteiger partial charge on any atom is 0.407 e. The summed E-state index contributed by atoms with van der Waals surface area (Å²) < 4.78 is 4.88. The number of amides is 1. The van der Waals surface area contributed by atoms with Crippen molar-refractivity contribution in [1.29, 1.82) is 0 Å². The fraction of sp³-hybridized carbons (Fsp3) is 0.500. The number of alkyl carbamates (subject to hydrolysis) is 1. The summed E-state index contributed by atoms with van der Waals surface area (Å²) in [6.07, 6.45) is 13.5. The zero-order chi connectivity index (χ0) is 12.8. The van der Waals surface area contributed by atoms with E-state index in [2.05, 4.69) is 37.0 Å². The number of ether oxygens (including phenoxy) is 1. The Bertz CT molecular complexity index is 257. The molecule has 96 valence electrons. The van der Waals surface area contributed by atoms with Gasteiger partial charge >= 0.3 is 6.09 Å². The predicted octanol–water partition coefficient (Wildman–Crippen LogP) is 3.59. The SMILES string of the molecule is C=CCCOC(=O)NCC=CCCC=CCC. The van der Waals surface area contributed by atoms with Crippen molar-refractivity contribution in [1.82, 2.24) is 5.32 Å². The minimum absolute atomic E-state index is 0.373. The molecule has 0 bridgehead atoms. The molecule has 0 atom stereocenters. The number of hydrogen-bond donors (Lipinski definition) is 1. The maximum absolute atomic E-state index is 11.1. The van der Waals surface area contributed by atoms with Crippen molar-refractivity contribution in [2.24, 2.45) is 0 Å². The van der Waals surface area contributed by atoms with Crippen LogP contribution in [0, 0.1) is 0 Å². The molecule has 0 saturated heterocycles. The normalized spacial score (nSPS) is 10.9. The molecule has 0 aromatic rings. The number of carbonyl (C=O) groups excluding carboxylic acids is 1. The molecule has 0 heterocycles. The van der Waals surface area contributed by atoms with E-state index in [-0.39, 0.29) is 6.09 Å². The lowest BCUT2D eigenvalue weighted by molar-refractivity contribution is 0.149. The smallest absolute Gasteiger partial charge is 0.407 e. The summed E-state index contributed by atoms with van der Waals surface area (Å²) >= 11 is 0. The van der Waals surface area contributed by atoms with Gasteiger partial charge in [-0.3, -0.25) is 0 Å². The molecule has 0 spiro atoms. The van der Waals surface area contributed by atoms with Crippen LogP contribution < -0.4 is 5.32 Å². The van der Waals surface area contributed by atoms with E-state index in [1.165, 1.54) is 0 Å². The van der Waals surface area contributed by atoms with Crippen molar-refractivity contribution in [3.63, 3.8) is 0 Å². The van der Waals surface area contributed by atoms with Crippen molar-refractivity contribution in [3.8, 4) is 0 Å². The summed E-state index contributed by atoms with van der Waals surface area (Å²) in [6, 6.07) is 0. The van der Waals surface area contributed by atoms with Crippen LogP contribution in [0.15, 0.2) is 37.0 Å². The van der Waals surface area contributed by atoms with E-state index in [1.54, 1.807) is 6.08 Å². The van der Waals surface area contributed by atoms with Crippen LogP contribution >= 0.6 is 0 Å². The average Bonchev–Trinajstić information content (AvgIpc) is 2.33. The van der Waals surface area contributed by atoms with Gasteiger partial charge in [0.1, 0.15) is 0 Å². The first-order valence-corrected chi connectivity index (χ1v) is 6.12. The molecule has 0 aliphatic heterocycles. The van der Waals surface area contributed by atoms with E-state index >= 15 is 0 Å². The first kappa shape index (κ1) is 15.5. The molecule has 0 aromatic heterocycles. The third kappa shape index (κ3) is 12.4. The van der Waals surface area contributed by atoms with Gasteiger partial charge in [0.15, 0.2) is 0 Å². The molecule has 0 aliphatic rings. The zero-order valence-electron chi connectivity index (χ0n) is 10.7. The molecule has 0 saturated carbocycles. The quantitative estimate of drug-likeness (QED) is 0.491. The van der Waals surface area contributed by atoms with E-state index in [0.29, 0.717) is 19.6 Å². The second kappa shape index (κ2) is 12.6. The summed E-state index contributed by atoms with van der Waals surface area (Å²) in [5, 5.41) is 2.64. The average molecular weight is 237 g/mol. The number of carbonyl (C=O) groups is 1. The lowest BCUT2D eigenvalue weighted by atomic mass is 10.2. The monoisotopic (exact) mass is 237 g/mol.